The van der Waals surface area contributed by atoms with Crippen molar-refractivity contribution in [3.63, 3.8) is 0 Å². The summed E-state index contributed by atoms with van der Waals surface area (Å²) in [6.07, 6.45) is 2.02. The van der Waals surface area contributed by atoms with Crippen LogP contribution in [0.2, 0.25) is 0 Å². The molecule has 2 fully saturated rings. The van der Waals surface area contributed by atoms with E-state index >= 15 is 0 Å². The van der Waals surface area contributed by atoms with Crippen molar-refractivity contribution in [1.29, 1.82) is 0 Å². The Kier molecular flexibility index (Phi) is 5.93. The van der Waals surface area contributed by atoms with Gasteiger partial charge in [0.15, 0.2) is 0 Å². The maximum atomic E-state index is 12.6. The second-order valence-electron chi connectivity index (χ2n) is 7.43. The minimum Gasteiger partial charge on any atom is -0.372 e. The lowest BCUT2D eigenvalue weighted by atomic mass is 10.2. The highest BCUT2D eigenvalue weighted by Crippen LogP contribution is 2.16. The monoisotopic (exact) mass is 362 g/mol. The van der Waals surface area contributed by atoms with E-state index in [0.29, 0.717) is 19.6 Å². The zero-order valence-electron chi connectivity index (χ0n) is 16.3. The summed E-state index contributed by atoms with van der Waals surface area (Å²) in [6.45, 7) is 9.26. The van der Waals surface area contributed by atoms with Gasteiger partial charge in [0.25, 0.3) is 0 Å². The highest BCUT2D eigenvalue weighted by atomic mass is 16.5. The van der Waals surface area contributed by atoms with E-state index in [4.69, 9.17) is 4.74 Å². The smallest absolute Gasteiger partial charge is 0.236 e. The average Bonchev–Trinajstić information content (AvgIpc) is 2.61. The van der Waals surface area contributed by atoms with Gasteiger partial charge in [0.1, 0.15) is 5.82 Å². The molecule has 0 aliphatic carbocycles. The third kappa shape index (κ3) is 4.62. The maximum Gasteiger partial charge on any atom is 0.236 e. The van der Waals surface area contributed by atoms with E-state index in [-0.39, 0.29) is 18.1 Å². The number of ether oxygens (including phenoxy) is 1. The molecule has 0 radical (unpaired) electrons. The van der Waals surface area contributed by atoms with Crippen LogP contribution >= 0.6 is 0 Å². The molecule has 0 spiro atoms. The number of anilines is 2. The number of carbonyl (C=O) groups is 1. The number of nitrogens with zero attached hydrogens (tertiary/aromatic N) is 6. The van der Waals surface area contributed by atoms with Crippen molar-refractivity contribution in [3.05, 3.63) is 12.3 Å². The van der Waals surface area contributed by atoms with Gasteiger partial charge >= 0.3 is 0 Å². The molecule has 2 saturated heterocycles. The zero-order valence-corrected chi connectivity index (χ0v) is 16.3. The van der Waals surface area contributed by atoms with Crippen LogP contribution in [0.3, 0.4) is 0 Å². The maximum absolute atomic E-state index is 12.6. The predicted molar refractivity (Wildman–Crippen MR) is 102 cm³/mol. The molecule has 3 heterocycles. The average molecular weight is 362 g/mol. The van der Waals surface area contributed by atoms with Crippen LogP contribution in [0.15, 0.2) is 12.3 Å². The van der Waals surface area contributed by atoms with Gasteiger partial charge in [-0.15, -0.1) is 0 Å². The molecule has 2 aliphatic rings. The summed E-state index contributed by atoms with van der Waals surface area (Å²) in [4.78, 5) is 29.9. The Labute approximate surface area is 155 Å². The van der Waals surface area contributed by atoms with E-state index in [1.807, 2.05) is 43.8 Å². The number of piperazine rings is 1. The van der Waals surface area contributed by atoms with Crippen molar-refractivity contribution in [2.24, 2.45) is 0 Å². The van der Waals surface area contributed by atoms with Gasteiger partial charge in [-0.2, -0.15) is 4.98 Å². The second-order valence-corrected chi connectivity index (χ2v) is 7.43. The fourth-order valence-electron chi connectivity index (χ4n) is 3.52. The highest BCUT2D eigenvalue weighted by molar-refractivity contribution is 5.78. The van der Waals surface area contributed by atoms with Crippen molar-refractivity contribution in [3.8, 4) is 0 Å². The summed E-state index contributed by atoms with van der Waals surface area (Å²) in [6, 6.07) is 1.91. The van der Waals surface area contributed by atoms with Crippen LogP contribution in [-0.2, 0) is 9.53 Å². The molecule has 0 bridgehead atoms. The summed E-state index contributed by atoms with van der Waals surface area (Å²) in [5.41, 5.74) is 0. The first kappa shape index (κ1) is 18.8. The molecule has 26 heavy (non-hydrogen) atoms. The Hall–Kier alpha value is -1.93. The second kappa shape index (κ2) is 8.18. The third-order valence-electron chi connectivity index (χ3n) is 4.87. The number of morpholine rings is 1. The first-order valence-corrected chi connectivity index (χ1v) is 9.33. The lowest BCUT2D eigenvalue weighted by Crippen LogP contribution is -2.54. The molecule has 3 rings (SSSR count). The van der Waals surface area contributed by atoms with Gasteiger partial charge in [0.05, 0.1) is 18.8 Å². The Bertz CT molecular complexity index is 607. The molecule has 2 atom stereocenters. The number of hydrogen-bond donors (Lipinski definition) is 0. The topological polar surface area (TPSA) is 65.0 Å². The SMILES string of the molecule is CC1CN(C(=O)CN2CCN(c3nccc(N(C)C)n3)CC2)CC(C)O1. The summed E-state index contributed by atoms with van der Waals surface area (Å²) in [5, 5.41) is 0. The fraction of sp³-hybridized carbons (Fsp3) is 0.722. The molecule has 0 saturated carbocycles. The highest BCUT2D eigenvalue weighted by Gasteiger charge is 2.28. The Morgan fingerprint density at radius 3 is 2.46 bits per heavy atom. The van der Waals surface area contributed by atoms with Crippen LogP contribution in [0.4, 0.5) is 11.8 Å². The largest absolute Gasteiger partial charge is 0.372 e. The lowest BCUT2D eigenvalue weighted by Gasteiger charge is -2.38. The fourth-order valence-corrected chi connectivity index (χ4v) is 3.52. The summed E-state index contributed by atoms with van der Waals surface area (Å²) >= 11 is 0. The summed E-state index contributed by atoms with van der Waals surface area (Å²) in [7, 11) is 3.95. The van der Waals surface area contributed by atoms with Gasteiger partial charge < -0.3 is 19.4 Å². The molecule has 1 aromatic heterocycles. The van der Waals surface area contributed by atoms with Crippen molar-refractivity contribution >= 4 is 17.7 Å². The molecular formula is C18H30N6O2. The lowest BCUT2D eigenvalue weighted by molar-refractivity contribution is -0.144. The third-order valence-corrected chi connectivity index (χ3v) is 4.87. The van der Waals surface area contributed by atoms with Crippen LogP contribution in [0, 0.1) is 0 Å². The Morgan fingerprint density at radius 2 is 1.85 bits per heavy atom. The molecule has 0 N–H and O–H groups in total. The number of carbonyl (C=O) groups excluding carboxylic acids is 1. The van der Waals surface area contributed by atoms with E-state index < -0.39 is 0 Å². The first-order chi connectivity index (χ1) is 12.4. The Morgan fingerprint density at radius 1 is 1.19 bits per heavy atom. The van der Waals surface area contributed by atoms with Crippen molar-refractivity contribution in [2.75, 3.05) is 69.7 Å². The standard InChI is InChI=1S/C18H30N6O2/c1-14-11-24(12-15(2)26-14)17(25)13-22-7-9-23(10-8-22)18-19-6-5-16(20-18)21(3)4/h5-6,14-15H,7-13H2,1-4H3. The minimum absolute atomic E-state index is 0.112. The van der Waals surface area contributed by atoms with Crippen LogP contribution in [0.25, 0.3) is 0 Å². The van der Waals surface area contributed by atoms with Gasteiger partial charge in [-0.05, 0) is 19.9 Å². The molecule has 8 heteroatoms. The summed E-state index contributed by atoms with van der Waals surface area (Å²) < 4.78 is 5.71. The molecule has 2 aliphatic heterocycles. The molecular weight excluding hydrogens is 332 g/mol. The van der Waals surface area contributed by atoms with Gasteiger partial charge in [-0.25, -0.2) is 4.98 Å². The van der Waals surface area contributed by atoms with Gasteiger partial charge in [-0.3, -0.25) is 9.69 Å². The van der Waals surface area contributed by atoms with Crippen LogP contribution < -0.4 is 9.80 Å². The Balaban J connectivity index is 1.51. The first-order valence-electron chi connectivity index (χ1n) is 9.33. The number of rotatable bonds is 4. The van der Waals surface area contributed by atoms with Gasteiger partial charge in [0.2, 0.25) is 11.9 Å². The number of aromatic nitrogens is 2. The normalized spacial score (nSPS) is 24.6. The van der Waals surface area contributed by atoms with Crippen LogP contribution in [0.5, 0.6) is 0 Å². The number of amides is 1. The molecule has 144 valence electrons. The summed E-state index contributed by atoms with van der Waals surface area (Å²) in [5.74, 6) is 1.87. The van der Waals surface area contributed by atoms with E-state index in [1.165, 1.54) is 0 Å². The van der Waals surface area contributed by atoms with Gasteiger partial charge in [0, 0.05) is 59.6 Å². The van der Waals surface area contributed by atoms with E-state index in [0.717, 1.165) is 37.9 Å². The number of hydrogen-bond acceptors (Lipinski definition) is 7. The molecule has 0 aromatic carbocycles. The predicted octanol–water partition coefficient (Wildman–Crippen LogP) is 0.300. The quantitative estimate of drug-likeness (QED) is 0.763. The van der Waals surface area contributed by atoms with Crippen LogP contribution in [-0.4, -0.2) is 97.8 Å². The molecule has 1 amide bonds. The van der Waals surface area contributed by atoms with E-state index in [9.17, 15) is 4.79 Å². The molecule has 2 unspecified atom stereocenters. The zero-order chi connectivity index (χ0) is 18.7. The van der Waals surface area contributed by atoms with E-state index in [2.05, 4.69) is 19.8 Å². The van der Waals surface area contributed by atoms with Crippen molar-refractivity contribution in [1.82, 2.24) is 19.8 Å². The van der Waals surface area contributed by atoms with Gasteiger partial charge in [-0.1, -0.05) is 0 Å². The molecule has 1 aromatic rings. The van der Waals surface area contributed by atoms with Crippen LogP contribution in [0.1, 0.15) is 13.8 Å². The van der Waals surface area contributed by atoms with Crippen molar-refractivity contribution in [2.45, 2.75) is 26.1 Å². The molecule has 8 nitrogen and oxygen atoms in total. The van der Waals surface area contributed by atoms with Crippen molar-refractivity contribution < 1.29 is 9.53 Å². The van der Waals surface area contributed by atoms with E-state index in [1.54, 1.807) is 6.20 Å². The minimum atomic E-state index is 0.112.